The van der Waals surface area contributed by atoms with Crippen LogP contribution in [0.25, 0.3) is 0 Å². The van der Waals surface area contributed by atoms with E-state index in [1.54, 1.807) is 6.07 Å². The molecule has 0 fully saturated rings. The third-order valence-corrected chi connectivity index (χ3v) is 14.7. The van der Waals surface area contributed by atoms with Crippen molar-refractivity contribution in [3.8, 4) is 34.5 Å². The van der Waals surface area contributed by atoms with Crippen LogP contribution >= 0.6 is 0 Å². The summed E-state index contributed by atoms with van der Waals surface area (Å²) in [6, 6.07) is 25.2. The Morgan fingerprint density at radius 1 is 0.293 bits per heavy atom. The first-order valence-corrected chi connectivity index (χ1v) is 31.2. The average Bonchev–Trinajstić information content (AvgIpc) is 3.64. The van der Waals surface area contributed by atoms with Gasteiger partial charge in [-0.1, -0.05) is 213 Å². The van der Waals surface area contributed by atoms with Gasteiger partial charge in [0.15, 0.2) is 23.1 Å². The standard InChI is InChI=1S/C70H92F2O10/c1-3-5-7-9-11-13-15-17-19-21-23-25-27-29-31-33-50-77-65-48-42-57(52-63(65)71)69(75)79-59-44-38-55(39-45-59)67(73)81-61-36-35-37-62(54-61)82-68(74)56-40-46-60(47-41-56)80-70(76)58-43-49-66(64(72)53-58)78-51-34-32-30-28-26-24-22-20-18-16-14-12-10-8-6-4-2/h35-49,52-54H,3-34,50-51H2,1-2H3. The molecule has 0 aliphatic carbocycles. The molecule has 0 bridgehead atoms. The number of benzene rings is 5. The number of unbranched alkanes of at least 4 members (excludes halogenated alkanes) is 30. The monoisotopic (exact) mass is 1130 g/mol. The lowest BCUT2D eigenvalue weighted by molar-refractivity contribution is 0.0722. The zero-order chi connectivity index (χ0) is 58.2. The van der Waals surface area contributed by atoms with E-state index in [0.717, 1.165) is 50.7 Å². The van der Waals surface area contributed by atoms with Crippen LogP contribution in [0, 0.1) is 11.6 Å². The molecule has 5 rings (SSSR count). The molecule has 0 aromatic heterocycles. The fraction of sp³-hybridized carbons (Fsp3) is 0.514. The third-order valence-electron chi connectivity index (χ3n) is 14.7. The second kappa shape index (κ2) is 40.6. The quantitative estimate of drug-likeness (QED) is 0.0212. The highest BCUT2D eigenvalue weighted by molar-refractivity contribution is 5.94. The molecule has 82 heavy (non-hydrogen) atoms. The molecule has 0 saturated carbocycles. The Labute approximate surface area is 488 Å². The Morgan fingerprint density at radius 3 is 0.841 bits per heavy atom. The predicted octanol–water partition coefficient (Wildman–Crippen LogP) is 20.1. The maximum absolute atomic E-state index is 14.9. The summed E-state index contributed by atoms with van der Waals surface area (Å²) in [6.07, 6.45) is 40.6. The van der Waals surface area contributed by atoms with Gasteiger partial charge < -0.3 is 28.4 Å². The van der Waals surface area contributed by atoms with E-state index in [0.29, 0.717) is 13.2 Å². The number of esters is 4. The van der Waals surface area contributed by atoms with Gasteiger partial charge in [-0.2, -0.15) is 0 Å². The van der Waals surface area contributed by atoms with E-state index in [1.165, 1.54) is 258 Å². The molecule has 0 unspecified atom stereocenters. The van der Waals surface area contributed by atoms with Crippen molar-refractivity contribution in [3.05, 3.63) is 143 Å². The smallest absolute Gasteiger partial charge is 0.343 e. The Hall–Kier alpha value is -6.56. The molecule has 12 heteroatoms. The van der Waals surface area contributed by atoms with E-state index in [1.807, 2.05) is 0 Å². The van der Waals surface area contributed by atoms with Crippen molar-refractivity contribution in [1.29, 1.82) is 0 Å². The van der Waals surface area contributed by atoms with Crippen LogP contribution in [0.1, 0.15) is 261 Å². The molecular formula is C70H92F2O10. The first kappa shape index (κ1) is 66.2. The minimum atomic E-state index is -0.778. The van der Waals surface area contributed by atoms with Crippen molar-refractivity contribution in [3.63, 3.8) is 0 Å². The van der Waals surface area contributed by atoms with Crippen molar-refractivity contribution < 1.29 is 56.4 Å². The maximum Gasteiger partial charge on any atom is 0.343 e. The summed E-state index contributed by atoms with van der Waals surface area (Å²) in [5.74, 6) is -3.70. The molecule has 5 aromatic carbocycles. The van der Waals surface area contributed by atoms with Crippen molar-refractivity contribution in [2.24, 2.45) is 0 Å². The second-order valence-electron chi connectivity index (χ2n) is 21.7. The largest absolute Gasteiger partial charge is 0.491 e. The molecule has 0 aliphatic rings. The fourth-order valence-electron chi connectivity index (χ4n) is 9.74. The summed E-state index contributed by atoms with van der Waals surface area (Å²) >= 11 is 0. The molecule has 0 heterocycles. The Kier molecular flexibility index (Phi) is 32.8. The van der Waals surface area contributed by atoms with Crippen molar-refractivity contribution in [2.45, 2.75) is 219 Å². The van der Waals surface area contributed by atoms with Gasteiger partial charge in [-0.15, -0.1) is 0 Å². The minimum absolute atomic E-state index is 0.00609. The summed E-state index contributed by atoms with van der Waals surface area (Å²) in [5.41, 5.74) is 0.303. The Balaban J connectivity index is 0.924. The summed E-state index contributed by atoms with van der Waals surface area (Å²) in [4.78, 5) is 51.9. The van der Waals surface area contributed by atoms with E-state index >= 15 is 0 Å². The van der Waals surface area contributed by atoms with Crippen LogP contribution < -0.4 is 28.4 Å². The molecule has 0 aliphatic heterocycles. The molecule has 10 nitrogen and oxygen atoms in total. The predicted molar refractivity (Wildman–Crippen MR) is 322 cm³/mol. The summed E-state index contributed by atoms with van der Waals surface area (Å²) in [5, 5.41) is 0. The zero-order valence-corrected chi connectivity index (χ0v) is 49.3. The highest BCUT2D eigenvalue weighted by Crippen LogP contribution is 2.26. The highest BCUT2D eigenvalue weighted by Gasteiger charge is 2.18. The molecule has 0 spiro atoms. The molecule has 446 valence electrons. The number of ether oxygens (including phenoxy) is 6. The van der Waals surface area contributed by atoms with Crippen LogP contribution in [-0.4, -0.2) is 37.1 Å². The van der Waals surface area contributed by atoms with Crippen LogP contribution in [0.2, 0.25) is 0 Å². The van der Waals surface area contributed by atoms with Gasteiger partial charge in [0.25, 0.3) is 0 Å². The van der Waals surface area contributed by atoms with Crippen LogP contribution in [0.4, 0.5) is 8.78 Å². The summed E-state index contributed by atoms with van der Waals surface area (Å²) < 4.78 is 63.1. The Morgan fingerprint density at radius 2 is 0.549 bits per heavy atom. The summed E-state index contributed by atoms with van der Waals surface area (Å²) in [7, 11) is 0. The van der Waals surface area contributed by atoms with Gasteiger partial charge in [-0.25, -0.2) is 28.0 Å². The molecule has 0 radical (unpaired) electrons. The summed E-state index contributed by atoms with van der Waals surface area (Å²) in [6.45, 7) is 5.30. The second-order valence-corrected chi connectivity index (χ2v) is 21.7. The molecule has 5 aromatic rings. The molecule has 0 atom stereocenters. The van der Waals surface area contributed by atoms with E-state index in [2.05, 4.69) is 13.8 Å². The number of hydrogen-bond donors (Lipinski definition) is 0. The first-order valence-electron chi connectivity index (χ1n) is 31.2. The van der Waals surface area contributed by atoms with Gasteiger partial charge in [0.2, 0.25) is 0 Å². The normalized spacial score (nSPS) is 11.1. The maximum atomic E-state index is 14.9. The number of hydrogen-bond acceptors (Lipinski definition) is 10. The molecular weight excluding hydrogens is 1040 g/mol. The minimum Gasteiger partial charge on any atom is -0.491 e. The van der Waals surface area contributed by atoms with Gasteiger partial charge in [-0.3, -0.25) is 0 Å². The van der Waals surface area contributed by atoms with Gasteiger partial charge in [0, 0.05) is 6.07 Å². The zero-order valence-electron chi connectivity index (χ0n) is 49.3. The fourth-order valence-corrected chi connectivity index (χ4v) is 9.74. The van der Waals surface area contributed by atoms with Gasteiger partial charge in [0.05, 0.1) is 35.5 Å². The number of halogens is 2. The lowest BCUT2D eigenvalue weighted by atomic mass is 10.0. The van der Waals surface area contributed by atoms with Crippen LogP contribution in [-0.2, 0) is 0 Å². The van der Waals surface area contributed by atoms with Crippen molar-refractivity contribution in [1.82, 2.24) is 0 Å². The lowest BCUT2D eigenvalue weighted by Crippen LogP contribution is -2.11. The van der Waals surface area contributed by atoms with Crippen LogP contribution in [0.15, 0.2) is 109 Å². The molecule has 0 saturated heterocycles. The third kappa shape index (κ3) is 27.0. The van der Waals surface area contributed by atoms with E-state index in [4.69, 9.17) is 28.4 Å². The van der Waals surface area contributed by atoms with E-state index in [9.17, 15) is 28.0 Å². The first-order chi connectivity index (χ1) is 40.1. The SMILES string of the molecule is CCCCCCCCCCCCCCCCCCOc1ccc(C(=O)Oc2ccc(C(=O)Oc3cccc(OC(=O)c4ccc(OC(=O)c5ccc(OCCCCCCCCCCCCCCCCCC)c(F)c5)cc4)c3)cc2)cc1F. The van der Waals surface area contributed by atoms with Crippen molar-refractivity contribution in [2.75, 3.05) is 13.2 Å². The van der Waals surface area contributed by atoms with Crippen LogP contribution in [0.3, 0.4) is 0 Å². The number of carbonyl (C=O) groups is 4. The number of rotatable bonds is 44. The number of carbonyl (C=O) groups excluding carboxylic acids is 4. The molecule has 0 N–H and O–H groups in total. The topological polar surface area (TPSA) is 124 Å². The van der Waals surface area contributed by atoms with Gasteiger partial charge >= 0.3 is 23.9 Å². The van der Waals surface area contributed by atoms with E-state index in [-0.39, 0.29) is 56.8 Å². The Bertz CT molecular complexity index is 2420. The van der Waals surface area contributed by atoms with Gasteiger partial charge in [-0.05, 0) is 110 Å². The molecule has 0 amide bonds. The van der Waals surface area contributed by atoms with Crippen LogP contribution in [0.5, 0.6) is 34.5 Å². The lowest BCUT2D eigenvalue weighted by Gasteiger charge is -2.10. The van der Waals surface area contributed by atoms with Gasteiger partial charge in [0.1, 0.15) is 23.0 Å². The highest BCUT2D eigenvalue weighted by atomic mass is 19.1. The average molecular weight is 1130 g/mol. The van der Waals surface area contributed by atoms with E-state index < -0.39 is 35.5 Å². The van der Waals surface area contributed by atoms with Crippen molar-refractivity contribution >= 4 is 23.9 Å².